The third-order valence-electron chi connectivity index (χ3n) is 2.51. The van der Waals surface area contributed by atoms with Gasteiger partial charge in [-0.25, -0.2) is 0 Å². The highest BCUT2D eigenvalue weighted by Gasteiger charge is 2.02. The van der Waals surface area contributed by atoms with Crippen LogP contribution in [0.3, 0.4) is 0 Å². The summed E-state index contributed by atoms with van der Waals surface area (Å²) in [6, 6.07) is 7.70. The van der Waals surface area contributed by atoms with Gasteiger partial charge in [-0.1, -0.05) is 6.07 Å². The minimum atomic E-state index is 0.263. The van der Waals surface area contributed by atoms with Crippen molar-refractivity contribution in [1.82, 2.24) is 10.3 Å². The molecule has 2 N–H and O–H groups in total. The van der Waals surface area contributed by atoms with Gasteiger partial charge < -0.3 is 10.4 Å². The summed E-state index contributed by atoms with van der Waals surface area (Å²) in [6.45, 7) is 3.43. The molecule has 0 saturated carbocycles. The Hall–Kier alpha value is -1.39. The maximum atomic E-state index is 9.62. The molecule has 2 heterocycles. The standard InChI is InChI=1S/C13H16N2OS/c1-10-4-5-13(16)12(15-10)9-14-7-6-11-3-2-8-17-11/h2-5,8,14,16H,6-7,9H2,1H3. The van der Waals surface area contributed by atoms with Crippen LogP contribution in [0.4, 0.5) is 0 Å². The topological polar surface area (TPSA) is 45.1 Å². The average molecular weight is 248 g/mol. The number of nitrogens with one attached hydrogen (secondary N) is 1. The molecule has 0 aliphatic rings. The average Bonchev–Trinajstić information content (AvgIpc) is 2.82. The van der Waals surface area contributed by atoms with E-state index in [1.54, 1.807) is 17.4 Å². The number of hydrogen-bond acceptors (Lipinski definition) is 4. The molecule has 2 aromatic heterocycles. The number of aryl methyl sites for hydroxylation is 1. The first kappa shape index (κ1) is 12.1. The Morgan fingerprint density at radius 3 is 3.00 bits per heavy atom. The van der Waals surface area contributed by atoms with Crippen LogP contribution in [0, 0.1) is 6.92 Å². The summed E-state index contributed by atoms with van der Waals surface area (Å²) in [5.74, 6) is 0.263. The summed E-state index contributed by atoms with van der Waals surface area (Å²) in [5, 5.41) is 15.0. The zero-order chi connectivity index (χ0) is 12.1. The fourth-order valence-electron chi connectivity index (χ4n) is 1.61. The van der Waals surface area contributed by atoms with Gasteiger partial charge in [0.1, 0.15) is 5.75 Å². The highest BCUT2D eigenvalue weighted by molar-refractivity contribution is 7.09. The zero-order valence-electron chi connectivity index (χ0n) is 9.81. The van der Waals surface area contributed by atoms with E-state index in [1.165, 1.54) is 4.88 Å². The third-order valence-corrected chi connectivity index (χ3v) is 3.45. The number of hydrogen-bond donors (Lipinski definition) is 2. The quantitative estimate of drug-likeness (QED) is 0.799. The predicted octanol–water partition coefficient (Wildman–Crippen LogP) is 2.49. The lowest BCUT2D eigenvalue weighted by molar-refractivity contribution is 0.459. The summed E-state index contributed by atoms with van der Waals surface area (Å²) in [6.07, 6.45) is 1.02. The number of pyridine rings is 1. The molecule has 3 nitrogen and oxygen atoms in total. The Morgan fingerprint density at radius 1 is 1.35 bits per heavy atom. The zero-order valence-corrected chi connectivity index (χ0v) is 10.6. The lowest BCUT2D eigenvalue weighted by Gasteiger charge is -2.06. The van der Waals surface area contributed by atoms with Gasteiger partial charge >= 0.3 is 0 Å². The first-order chi connectivity index (χ1) is 8.25. The minimum absolute atomic E-state index is 0.263. The van der Waals surface area contributed by atoms with Gasteiger partial charge in [0.25, 0.3) is 0 Å². The molecule has 0 saturated heterocycles. The van der Waals surface area contributed by atoms with E-state index in [1.807, 2.05) is 13.0 Å². The molecule has 17 heavy (non-hydrogen) atoms. The first-order valence-corrected chi connectivity index (χ1v) is 6.52. The SMILES string of the molecule is Cc1ccc(O)c(CNCCc2cccs2)n1. The Balaban J connectivity index is 1.80. The predicted molar refractivity (Wildman–Crippen MR) is 70.4 cm³/mol. The van der Waals surface area contributed by atoms with Crippen LogP contribution in [0.25, 0.3) is 0 Å². The normalized spacial score (nSPS) is 10.6. The second kappa shape index (κ2) is 5.80. The van der Waals surface area contributed by atoms with Crippen LogP contribution in [-0.4, -0.2) is 16.6 Å². The van der Waals surface area contributed by atoms with Crippen molar-refractivity contribution in [2.24, 2.45) is 0 Å². The summed E-state index contributed by atoms with van der Waals surface area (Å²) < 4.78 is 0. The summed E-state index contributed by atoms with van der Waals surface area (Å²) in [5.41, 5.74) is 1.65. The van der Waals surface area contributed by atoms with Gasteiger partial charge in [0.2, 0.25) is 0 Å². The first-order valence-electron chi connectivity index (χ1n) is 5.64. The van der Waals surface area contributed by atoms with E-state index in [2.05, 4.69) is 27.8 Å². The van der Waals surface area contributed by atoms with Crippen LogP contribution < -0.4 is 5.32 Å². The number of aromatic nitrogens is 1. The fraction of sp³-hybridized carbons (Fsp3) is 0.308. The Bertz CT molecular complexity index is 468. The Labute approximate surface area is 105 Å². The Morgan fingerprint density at radius 2 is 2.24 bits per heavy atom. The van der Waals surface area contributed by atoms with Crippen molar-refractivity contribution in [3.63, 3.8) is 0 Å². The molecular formula is C13H16N2OS. The molecule has 0 aliphatic heterocycles. The van der Waals surface area contributed by atoms with Crippen LogP contribution in [0.5, 0.6) is 5.75 Å². The van der Waals surface area contributed by atoms with E-state index >= 15 is 0 Å². The van der Waals surface area contributed by atoms with E-state index < -0.39 is 0 Å². The number of thiophene rings is 1. The van der Waals surface area contributed by atoms with Crippen molar-refractivity contribution in [3.8, 4) is 5.75 Å². The number of rotatable bonds is 5. The summed E-state index contributed by atoms with van der Waals surface area (Å²) in [7, 11) is 0. The molecule has 0 bridgehead atoms. The maximum absolute atomic E-state index is 9.62. The van der Waals surface area contributed by atoms with Gasteiger partial charge in [0.15, 0.2) is 0 Å². The van der Waals surface area contributed by atoms with Crippen molar-refractivity contribution in [2.45, 2.75) is 19.9 Å². The summed E-state index contributed by atoms with van der Waals surface area (Å²) >= 11 is 1.77. The lowest BCUT2D eigenvalue weighted by Crippen LogP contribution is -2.17. The van der Waals surface area contributed by atoms with Crippen molar-refractivity contribution in [3.05, 3.63) is 45.9 Å². The van der Waals surface area contributed by atoms with Crippen LogP contribution in [0.1, 0.15) is 16.3 Å². The highest BCUT2D eigenvalue weighted by Crippen LogP contribution is 2.14. The second-order valence-electron chi connectivity index (χ2n) is 3.92. The molecule has 0 atom stereocenters. The molecule has 4 heteroatoms. The van der Waals surface area contributed by atoms with Crippen molar-refractivity contribution in [2.75, 3.05) is 6.54 Å². The molecular weight excluding hydrogens is 232 g/mol. The smallest absolute Gasteiger partial charge is 0.138 e. The molecule has 2 rings (SSSR count). The molecule has 0 spiro atoms. The largest absolute Gasteiger partial charge is 0.506 e. The van der Waals surface area contributed by atoms with E-state index in [0.29, 0.717) is 6.54 Å². The Kier molecular flexibility index (Phi) is 4.12. The molecule has 0 radical (unpaired) electrons. The molecule has 0 amide bonds. The molecule has 90 valence electrons. The van der Waals surface area contributed by atoms with Gasteiger partial charge in [-0.3, -0.25) is 4.98 Å². The van der Waals surface area contributed by atoms with Gasteiger partial charge in [-0.05, 0) is 36.9 Å². The van der Waals surface area contributed by atoms with Gasteiger partial charge in [0, 0.05) is 23.7 Å². The molecule has 0 aromatic carbocycles. The van der Waals surface area contributed by atoms with Crippen molar-refractivity contribution in [1.29, 1.82) is 0 Å². The number of nitrogens with zero attached hydrogens (tertiary/aromatic N) is 1. The van der Waals surface area contributed by atoms with E-state index in [9.17, 15) is 5.11 Å². The molecule has 2 aromatic rings. The van der Waals surface area contributed by atoms with E-state index in [0.717, 1.165) is 24.4 Å². The highest BCUT2D eigenvalue weighted by atomic mass is 32.1. The molecule has 0 aliphatic carbocycles. The van der Waals surface area contributed by atoms with Crippen molar-refractivity contribution < 1.29 is 5.11 Å². The third kappa shape index (κ3) is 3.54. The van der Waals surface area contributed by atoms with Crippen molar-refractivity contribution >= 4 is 11.3 Å². The van der Waals surface area contributed by atoms with Gasteiger partial charge in [0.05, 0.1) is 5.69 Å². The van der Waals surface area contributed by atoms with Crippen LogP contribution in [-0.2, 0) is 13.0 Å². The lowest BCUT2D eigenvalue weighted by atomic mass is 10.2. The number of aromatic hydroxyl groups is 1. The fourth-order valence-corrected chi connectivity index (χ4v) is 2.32. The van der Waals surface area contributed by atoms with Crippen LogP contribution >= 0.6 is 11.3 Å². The van der Waals surface area contributed by atoms with E-state index in [4.69, 9.17) is 0 Å². The monoisotopic (exact) mass is 248 g/mol. The van der Waals surface area contributed by atoms with Gasteiger partial charge in [-0.2, -0.15) is 0 Å². The molecule has 0 unspecified atom stereocenters. The summed E-state index contributed by atoms with van der Waals surface area (Å²) in [4.78, 5) is 5.67. The van der Waals surface area contributed by atoms with Crippen LogP contribution in [0.15, 0.2) is 29.6 Å². The van der Waals surface area contributed by atoms with E-state index in [-0.39, 0.29) is 5.75 Å². The van der Waals surface area contributed by atoms with Crippen LogP contribution in [0.2, 0.25) is 0 Å². The second-order valence-corrected chi connectivity index (χ2v) is 4.96. The maximum Gasteiger partial charge on any atom is 0.138 e. The van der Waals surface area contributed by atoms with Gasteiger partial charge in [-0.15, -0.1) is 11.3 Å². The minimum Gasteiger partial charge on any atom is -0.506 e. The molecule has 0 fully saturated rings.